The number of halogens is 4. The lowest BCUT2D eigenvalue weighted by atomic mass is 10.2. The van der Waals surface area contributed by atoms with Gasteiger partial charge in [0.05, 0.1) is 6.16 Å². The molecule has 0 N–H and O–H groups in total. The summed E-state index contributed by atoms with van der Waals surface area (Å²) in [4.78, 5) is 0. The maximum Gasteiger partial charge on any atom is 0.409 e. The molecular weight excluding hydrogens is 720 g/mol. The van der Waals surface area contributed by atoms with E-state index in [1.54, 1.807) is 0 Å². The maximum absolute atomic E-state index is 8.89. The molecule has 4 nitrogen and oxygen atoms in total. The van der Waals surface area contributed by atoms with Crippen molar-refractivity contribution in [2.24, 2.45) is 0 Å². The maximum atomic E-state index is 8.89. The van der Waals surface area contributed by atoms with Crippen molar-refractivity contribution in [1.29, 1.82) is 0 Å². The molecule has 34 heavy (non-hydrogen) atoms. The van der Waals surface area contributed by atoms with Crippen LogP contribution >= 0.6 is 62.4 Å². The monoisotopic (exact) mass is 741 g/mol. The van der Waals surface area contributed by atoms with Crippen molar-refractivity contribution < 1.29 is 12.3 Å². The molecule has 4 aromatic rings. The molecule has 0 radical (unpaired) electrons. The molecule has 0 saturated carbocycles. The molecule has 0 heterocycles. The third-order valence-electron chi connectivity index (χ3n) is 4.85. The minimum absolute atomic E-state index is 1.03. The van der Waals surface area contributed by atoms with E-state index >= 15 is 0 Å². The Morgan fingerprint density at radius 1 is 0.471 bits per heavy atom. The van der Waals surface area contributed by atoms with Gasteiger partial charge in [0.25, 0.3) is 0 Å². The largest absolute Gasteiger partial charge is 0.409 e. The van der Waals surface area contributed by atoms with Gasteiger partial charge in [0.1, 0.15) is 23.2 Å². The summed E-state index contributed by atoms with van der Waals surface area (Å²) in [7, 11) is 6.87. The lowest BCUT2D eigenvalue weighted by molar-refractivity contribution is 0.610. The Bertz CT molecular complexity index is 1140. The van der Waals surface area contributed by atoms with Crippen LogP contribution in [-0.2, 0) is 18.4 Å². The first-order valence-corrected chi connectivity index (χ1v) is 20.8. The fourth-order valence-corrected chi connectivity index (χ4v) is 7.87. The summed E-state index contributed by atoms with van der Waals surface area (Å²) in [5.74, 6) is 0. The molecule has 0 aromatic heterocycles. The van der Waals surface area contributed by atoms with E-state index in [2.05, 4.69) is 139 Å². The summed E-state index contributed by atoms with van der Waals surface area (Å²) in [5.41, 5.74) is 1.39. The lowest BCUT2D eigenvalue weighted by Gasteiger charge is -2.27. The van der Waals surface area contributed by atoms with Gasteiger partial charge in [-0.05, 0) is 42.0 Å². The van der Waals surface area contributed by atoms with Crippen LogP contribution in [0, 0.1) is 0 Å². The van der Waals surface area contributed by atoms with Gasteiger partial charge in [0.15, 0.2) is 0 Å². The molecule has 0 saturated heterocycles. The van der Waals surface area contributed by atoms with Crippen molar-refractivity contribution in [3.8, 4) is 0 Å². The lowest BCUT2D eigenvalue weighted by Crippen LogP contribution is -2.32. The Labute approximate surface area is 221 Å². The summed E-state index contributed by atoms with van der Waals surface area (Å²) >= 11 is -6.58. The van der Waals surface area contributed by atoms with Crippen LogP contribution in [0.25, 0.3) is 0 Å². The topological polar surface area (TPSA) is 68.3 Å². The SMILES string of the molecule is O=I(=O)Cl.O=I(=O)Cl.c1ccc(C[P+](c2ccccc2)(c2ccccc2)c2ccccc2)cc1. The Morgan fingerprint density at radius 3 is 0.971 bits per heavy atom. The second-order valence-corrected chi connectivity index (χ2v) is 15.5. The van der Waals surface area contributed by atoms with Crippen molar-refractivity contribution in [1.82, 2.24) is 0 Å². The zero-order valence-corrected chi connectivity index (χ0v) is 24.6. The molecule has 0 aliphatic heterocycles. The summed E-state index contributed by atoms with van der Waals surface area (Å²) in [6.07, 6.45) is 1.03. The molecule has 0 aliphatic rings. The molecule has 0 aliphatic carbocycles. The quantitative estimate of drug-likeness (QED) is 0.154. The third-order valence-corrected chi connectivity index (χ3v) is 9.23. The number of hydrogen-bond acceptors (Lipinski definition) is 4. The van der Waals surface area contributed by atoms with E-state index in [0.717, 1.165) is 6.16 Å². The average molecular weight is 742 g/mol. The molecule has 178 valence electrons. The van der Waals surface area contributed by atoms with Crippen LogP contribution in [0.1, 0.15) is 5.56 Å². The van der Waals surface area contributed by atoms with Gasteiger partial charge >= 0.3 is 37.3 Å². The van der Waals surface area contributed by atoms with Gasteiger partial charge in [-0.15, -0.1) is 0 Å². The van der Waals surface area contributed by atoms with E-state index < -0.39 is 44.6 Å². The summed E-state index contributed by atoms with van der Waals surface area (Å²) < 4.78 is 35.6. The molecule has 0 amide bonds. The zero-order chi connectivity index (χ0) is 24.8. The van der Waals surface area contributed by atoms with Crippen LogP contribution in [0.4, 0.5) is 0 Å². The number of benzene rings is 4. The number of rotatable bonds is 5. The Balaban J connectivity index is 0.000000446. The van der Waals surface area contributed by atoms with Crippen molar-refractivity contribution in [3.63, 3.8) is 0 Å². The first kappa shape index (κ1) is 28.8. The highest BCUT2D eigenvalue weighted by atomic mass is 127. The Morgan fingerprint density at radius 2 is 0.706 bits per heavy atom. The van der Waals surface area contributed by atoms with Gasteiger partial charge in [-0.25, -0.2) is 12.3 Å². The van der Waals surface area contributed by atoms with Gasteiger partial charge < -0.3 is 0 Å². The normalized spacial score (nSPS) is 10.6. The van der Waals surface area contributed by atoms with Crippen LogP contribution in [0.15, 0.2) is 121 Å². The van der Waals surface area contributed by atoms with E-state index in [9.17, 15) is 0 Å². The highest BCUT2D eigenvalue weighted by Crippen LogP contribution is 2.58. The van der Waals surface area contributed by atoms with E-state index in [4.69, 9.17) is 12.3 Å². The van der Waals surface area contributed by atoms with Gasteiger partial charge in [-0.2, -0.15) is 0 Å². The fraction of sp³-hybridized carbons (Fsp3) is 0.0400. The molecule has 4 aromatic carbocycles. The van der Waals surface area contributed by atoms with Gasteiger partial charge in [0, 0.05) is 17.8 Å². The predicted octanol–water partition coefficient (Wildman–Crippen LogP) is 7.86. The highest BCUT2D eigenvalue weighted by molar-refractivity contribution is 14.2. The van der Waals surface area contributed by atoms with Crippen molar-refractivity contribution in [2.75, 3.05) is 0 Å². The standard InChI is InChI=1S/C25H22P.2ClIO2/c1-5-13-22(14-6-1)21-26(23-15-7-2-8-16-23,24-17-9-3-10-18-24)25-19-11-4-12-20-25;2*1-2(3)4/h1-20H,21H2;;/q+1;;. The van der Waals surface area contributed by atoms with E-state index in [1.165, 1.54) is 21.5 Å². The van der Waals surface area contributed by atoms with Crippen LogP contribution in [0.5, 0.6) is 0 Å². The molecule has 0 spiro atoms. The molecule has 0 atom stereocenters. The molecule has 0 unspecified atom stereocenters. The fourth-order valence-electron chi connectivity index (χ4n) is 3.63. The second-order valence-electron chi connectivity index (χ2n) is 6.82. The van der Waals surface area contributed by atoms with Gasteiger partial charge in [-0.3, -0.25) is 0 Å². The van der Waals surface area contributed by atoms with Gasteiger partial charge in [0.2, 0.25) is 0 Å². The highest BCUT2D eigenvalue weighted by Gasteiger charge is 2.45. The average Bonchev–Trinajstić information content (AvgIpc) is 2.84. The van der Waals surface area contributed by atoms with Crippen molar-refractivity contribution >= 4 is 78.3 Å². The molecule has 0 fully saturated rings. The number of hydrogen-bond donors (Lipinski definition) is 0. The van der Waals surface area contributed by atoms with Gasteiger partial charge in [-0.1, -0.05) is 84.9 Å². The van der Waals surface area contributed by atoms with Crippen LogP contribution < -0.4 is 15.9 Å². The van der Waals surface area contributed by atoms with Crippen molar-refractivity contribution in [3.05, 3.63) is 127 Å². The van der Waals surface area contributed by atoms with E-state index in [0.29, 0.717) is 0 Å². The smallest absolute Gasteiger partial charge is 0.217 e. The Kier molecular flexibility index (Phi) is 13.1. The molecule has 4 rings (SSSR count). The van der Waals surface area contributed by atoms with Crippen LogP contribution in [0.3, 0.4) is 0 Å². The van der Waals surface area contributed by atoms with E-state index in [-0.39, 0.29) is 0 Å². The minimum Gasteiger partial charge on any atom is -0.217 e. The molecule has 9 heteroatoms. The molecule has 0 bridgehead atoms. The van der Waals surface area contributed by atoms with Crippen LogP contribution in [0.2, 0.25) is 0 Å². The summed E-state index contributed by atoms with van der Waals surface area (Å²) in [5, 5.41) is 4.30. The third kappa shape index (κ3) is 9.30. The van der Waals surface area contributed by atoms with Crippen LogP contribution in [-0.4, -0.2) is 0 Å². The van der Waals surface area contributed by atoms with Crippen molar-refractivity contribution in [2.45, 2.75) is 6.16 Å². The summed E-state index contributed by atoms with van der Waals surface area (Å²) in [6.45, 7) is 0. The first-order valence-electron chi connectivity index (χ1n) is 9.89. The summed E-state index contributed by atoms with van der Waals surface area (Å²) in [6, 6.07) is 44.0. The second kappa shape index (κ2) is 15.5. The van der Waals surface area contributed by atoms with E-state index in [1.807, 2.05) is 0 Å². The minimum atomic E-state index is -3.29. The first-order chi connectivity index (χ1) is 16.4. The Hall–Kier alpha value is -1.45. The zero-order valence-electron chi connectivity index (χ0n) is 17.8. The molecular formula is C25H22Cl2I2O4P+. The predicted molar refractivity (Wildman–Crippen MR) is 158 cm³/mol.